The Morgan fingerprint density at radius 2 is 1.57 bits per heavy atom. The summed E-state index contributed by atoms with van der Waals surface area (Å²) in [6, 6.07) is 0. The summed E-state index contributed by atoms with van der Waals surface area (Å²) in [4.78, 5) is 34.4. The quantitative estimate of drug-likeness (QED) is 0.458. The average molecular weight is 331 g/mol. The van der Waals surface area contributed by atoms with E-state index in [2.05, 4.69) is 0 Å². The molecule has 0 saturated carbocycles. The highest BCUT2D eigenvalue weighted by Crippen LogP contribution is 2.31. The molecule has 1 atom stereocenters. The van der Waals surface area contributed by atoms with Crippen molar-refractivity contribution in [2.24, 2.45) is 0 Å². The molecule has 0 unspecified atom stereocenters. The minimum Gasteiger partial charge on any atom is -0.481 e. The van der Waals surface area contributed by atoms with Crippen molar-refractivity contribution in [3.63, 3.8) is 0 Å². The Morgan fingerprint density at radius 3 is 2.13 bits per heavy atom. The number of hydrogen-bond acceptors (Lipinski definition) is 5. The van der Waals surface area contributed by atoms with E-state index in [-0.39, 0.29) is 19.4 Å². The number of hydrogen-bond donors (Lipinski definition) is 3. The summed E-state index contributed by atoms with van der Waals surface area (Å²) in [5.41, 5.74) is -1.35. The zero-order valence-corrected chi connectivity index (χ0v) is 13.2. The fourth-order valence-electron chi connectivity index (χ4n) is 2.81. The van der Waals surface area contributed by atoms with E-state index in [1.54, 1.807) is 4.90 Å². The van der Waals surface area contributed by atoms with Crippen molar-refractivity contribution in [3.8, 4) is 0 Å². The van der Waals surface area contributed by atoms with E-state index in [1.807, 2.05) is 0 Å². The molecule has 1 fully saturated rings. The molecular weight excluding hydrogens is 306 g/mol. The van der Waals surface area contributed by atoms with Crippen molar-refractivity contribution >= 4 is 17.9 Å². The summed E-state index contributed by atoms with van der Waals surface area (Å²) in [6.07, 6.45) is 3.26. The van der Waals surface area contributed by atoms with Crippen molar-refractivity contribution in [1.82, 2.24) is 4.90 Å². The molecule has 8 nitrogen and oxygen atoms in total. The van der Waals surface area contributed by atoms with Crippen LogP contribution >= 0.6 is 0 Å². The lowest BCUT2D eigenvalue weighted by Gasteiger charge is -2.34. The van der Waals surface area contributed by atoms with Crippen molar-refractivity contribution in [2.45, 2.75) is 57.1 Å². The van der Waals surface area contributed by atoms with Gasteiger partial charge in [-0.1, -0.05) is 0 Å². The third-order valence-electron chi connectivity index (χ3n) is 3.98. The molecule has 0 radical (unpaired) electrons. The minimum absolute atomic E-state index is 0.0440. The van der Waals surface area contributed by atoms with E-state index in [9.17, 15) is 19.5 Å². The van der Waals surface area contributed by atoms with E-state index in [0.717, 1.165) is 0 Å². The first-order valence-corrected chi connectivity index (χ1v) is 7.94. The maximum absolute atomic E-state index is 11.7. The molecule has 0 aromatic rings. The number of carbonyl (C=O) groups is 3. The van der Waals surface area contributed by atoms with Gasteiger partial charge in [-0.25, -0.2) is 4.79 Å². The van der Waals surface area contributed by atoms with Gasteiger partial charge in [-0.15, -0.1) is 0 Å². The summed E-state index contributed by atoms with van der Waals surface area (Å²) >= 11 is 0. The molecule has 0 aromatic carbocycles. The van der Waals surface area contributed by atoms with Crippen LogP contribution < -0.4 is 0 Å². The van der Waals surface area contributed by atoms with E-state index in [1.165, 1.54) is 0 Å². The van der Waals surface area contributed by atoms with Crippen LogP contribution in [0.2, 0.25) is 0 Å². The van der Waals surface area contributed by atoms with Crippen molar-refractivity contribution in [2.75, 3.05) is 19.7 Å². The summed E-state index contributed by atoms with van der Waals surface area (Å²) in [6.45, 7) is 1.29. The van der Waals surface area contributed by atoms with E-state index in [4.69, 9.17) is 14.9 Å². The molecule has 23 heavy (non-hydrogen) atoms. The highest BCUT2D eigenvalue weighted by molar-refractivity contribution is 5.77. The zero-order valence-electron chi connectivity index (χ0n) is 13.2. The number of carboxylic acids is 3. The van der Waals surface area contributed by atoms with Crippen LogP contribution in [0.3, 0.4) is 0 Å². The van der Waals surface area contributed by atoms with Gasteiger partial charge in [0.15, 0.2) is 0 Å². The van der Waals surface area contributed by atoms with Gasteiger partial charge in [0.2, 0.25) is 5.72 Å². The smallest absolute Gasteiger partial charge is 0.351 e. The minimum atomic E-state index is -1.35. The maximum Gasteiger partial charge on any atom is 0.351 e. The van der Waals surface area contributed by atoms with Crippen LogP contribution in [0, 0.1) is 0 Å². The first kappa shape index (κ1) is 19.4. The first-order chi connectivity index (χ1) is 10.9. The van der Waals surface area contributed by atoms with Crippen LogP contribution in [-0.2, 0) is 19.1 Å². The lowest BCUT2D eigenvalue weighted by Crippen LogP contribution is -2.53. The molecule has 1 rings (SSSR count). The Bertz CT molecular complexity index is 426. The molecular formula is C15H25NO7. The predicted molar refractivity (Wildman–Crippen MR) is 80.1 cm³/mol. The molecule has 1 heterocycles. The molecule has 3 N–H and O–H groups in total. The Kier molecular flexibility index (Phi) is 7.97. The molecule has 0 amide bonds. The molecule has 1 saturated heterocycles. The average Bonchev–Trinajstić information content (AvgIpc) is 2.87. The summed E-state index contributed by atoms with van der Waals surface area (Å²) in [7, 11) is 0. The lowest BCUT2D eigenvalue weighted by atomic mass is 10.1. The number of rotatable bonds is 12. The second-order valence-corrected chi connectivity index (χ2v) is 5.73. The van der Waals surface area contributed by atoms with Gasteiger partial charge in [0.1, 0.15) is 0 Å². The van der Waals surface area contributed by atoms with Crippen LogP contribution in [0.25, 0.3) is 0 Å². The Balaban J connectivity index is 2.47. The Morgan fingerprint density at radius 1 is 0.957 bits per heavy atom. The van der Waals surface area contributed by atoms with Gasteiger partial charge in [-0.05, 0) is 32.1 Å². The van der Waals surface area contributed by atoms with Crippen LogP contribution in [-0.4, -0.2) is 63.5 Å². The number of likely N-dealkylation sites (tertiary alicyclic amines) is 1. The fraction of sp³-hybridized carbons (Fsp3) is 0.800. The molecule has 1 aliphatic heterocycles. The molecule has 0 bridgehead atoms. The number of unbranched alkanes of at least 4 members (excludes halogenated alkanes) is 2. The predicted octanol–water partition coefficient (Wildman–Crippen LogP) is 1.39. The third-order valence-corrected chi connectivity index (χ3v) is 3.98. The van der Waals surface area contributed by atoms with Gasteiger partial charge >= 0.3 is 17.9 Å². The number of nitrogens with zero attached hydrogens (tertiary/aromatic N) is 1. The second-order valence-electron chi connectivity index (χ2n) is 5.73. The zero-order chi connectivity index (χ0) is 17.3. The van der Waals surface area contributed by atoms with Gasteiger partial charge in [0.05, 0.1) is 0 Å². The molecule has 132 valence electrons. The highest BCUT2D eigenvalue weighted by atomic mass is 16.5. The molecule has 0 spiro atoms. The van der Waals surface area contributed by atoms with Crippen LogP contribution in [0.4, 0.5) is 0 Å². The summed E-state index contributed by atoms with van der Waals surface area (Å²) < 4.78 is 5.64. The van der Waals surface area contributed by atoms with E-state index in [0.29, 0.717) is 51.6 Å². The molecule has 1 aliphatic rings. The summed E-state index contributed by atoms with van der Waals surface area (Å²) in [5.74, 6) is -2.77. The third kappa shape index (κ3) is 6.15. The van der Waals surface area contributed by atoms with Gasteiger partial charge < -0.3 is 20.1 Å². The van der Waals surface area contributed by atoms with Crippen LogP contribution in [0.15, 0.2) is 0 Å². The second kappa shape index (κ2) is 9.46. The number of aliphatic carboxylic acids is 3. The highest BCUT2D eigenvalue weighted by Gasteiger charge is 2.48. The van der Waals surface area contributed by atoms with E-state index >= 15 is 0 Å². The van der Waals surface area contributed by atoms with Crippen LogP contribution in [0.5, 0.6) is 0 Å². The van der Waals surface area contributed by atoms with Gasteiger partial charge in [-0.2, -0.15) is 0 Å². The monoisotopic (exact) mass is 331 g/mol. The Labute approximate surface area is 135 Å². The van der Waals surface area contributed by atoms with E-state index < -0.39 is 23.6 Å². The number of carboxylic acid groups (broad SMARTS) is 3. The van der Waals surface area contributed by atoms with Gasteiger partial charge in [0, 0.05) is 39.0 Å². The molecule has 0 aromatic heterocycles. The fourth-order valence-corrected chi connectivity index (χ4v) is 2.81. The SMILES string of the molecule is O=C(O)CCCCO[C@@]1(C(=O)O)CCCN1CCCCC(=O)O. The molecule has 0 aliphatic carbocycles. The van der Waals surface area contributed by atoms with Gasteiger partial charge in [-0.3, -0.25) is 14.5 Å². The Hall–Kier alpha value is -1.67. The van der Waals surface area contributed by atoms with Crippen molar-refractivity contribution in [1.29, 1.82) is 0 Å². The standard InChI is InChI=1S/C15H25NO7/c17-12(18)6-1-3-9-16-10-5-8-15(16,14(21)22)23-11-4-2-7-13(19)20/h1-11H2,(H,17,18)(H,19,20)(H,21,22)/t15-/m1/s1. The summed E-state index contributed by atoms with van der Waals surface area (Å²) in [5, 5.41) is 26.8. The normalized spacial score (nSPS) is 21.4. The first-order valence-electron chi connectivity index (χ1n) is 7.94. The maximum atomic E-state index is 11.7. The van der Waals surface area contributed by atoms with Crippen molar-refractivity contribution in [3.05, 3.63) is 0 Å². The lowest BCUT2D eigenvalue weighted by molar-refractivity contribution is -0.190. The topological polar surface area (TPSA) is 124 Å². The number of ether oxygens (including phenoxy) is 1. The molecule has 8 heteroatoms. The van der Waals surface area contributed by atoms with Gasteiger partial charge in [0.25, 0.3) is 0 Å². The van der Waals surface area contributed by atoms with Crippen LogP contribution in [0.1, 0.15) is 51.4 Å². The largest absolute Gasteiger partial charge is 0.481 e. The van der Waals surface area contributed by atoms with Crippen molar-refractivity contribution < 1.29 is 34.4 Å².